The van der Waals surface area contributed by atoms with Crippen LogP contribution in [-0.4, -0.2) is 14.2 Å². The Kier molecular flexibility index (Phi) is 4.99. The van der Waals surface area contributed by atoms with E-state index in [-0.39, 0.29) is 0 Å². The molecular weight excluding hydrogens is 488 g/mol. The fraction of sp³-hybridized carbons (Fsp3) is 0.0526. The summed E-state index contributed by atoms with van der Waals surface area (Å²) in [7, 11) is 3.42. The van der Waals surface area contributed by atoms with Crippen molar-refractivity contribution in [1.29, 1.82) is 0 Å². The van der Waals surface area contributed by atoms with Gasteiger partial charge in [-0.1, -0.05) is 72.8 Å². The number of methoxy groups -OCH3 is 2. The van der Waals surface area contributed by atoms with Gasteiger partial charge in [-0.2, -0.15) is 0 Å². The molecule has 0 amide bonds. The fourth-order valence-electron chi connectivity index (χ4n) is 6.37. The molecule has 0 aliphatic carbocycles. The van der Waals surface area contributed by atoms with Crippen LogP contribution in [0.4, 0.5) is 0 Å². The Hall–Kier alpha value is -5.08. The molecule has 8 aromatic rings. The minimum absolute atomic E-state index is 0.879. The highest BCUT2D eigenvalue weighted by molar-refractivity contribution is 6.29. The molecule has 2 nitrogen and oxygen atoms in total. The Balaban J connectivity index is 1.37. The third kappa shape index (κ3) is 3.43. The standard InChI is InChI=1S/C38H26O2/c1-39-31-15-13-23-17-27(11-9-25(23)19-31)35-21-29-5-4-8-34-36(22-30-6-3-7-33(35)37(30)38(29)34)28-12-10-26-20-32(40-2)16-14-24(26)18-28/h3-22H,1-2H3. The topological polar surface area (TPSA) is 18.5 Å². The van der Waals surface area contributed by atoms with Gasteiger partial charge < -0.3 is 9.47 Å². The molecule has 0 atom stereocenters. The van der Waals surface area contributed by atoms with Gasteiger partial charge in [-0.15, -0.1) is 0 Å². The zero-order valence-electron chi connectivity index (χ0n) is 22.4. The normalized spacial score (nSPS) is 11.8. The van der Waals surface area contributed by atoms with Crippen LogP contribution in [0.3, 0.4) is 0 Å². The van der Waals surface area contributed by atoms with Crippen LogP contribution < -0.4 is 9.47 Å². The van der Waals surface area contributed by atoms with Gasteiger partial charge >= 0.3 is 0 Å². The van der Waals surface area contributed by atoms with Crippen molar-refractivity contribution >= 4 is 53.9 Å². The van der Waals surface area contributed by atoms with Gasteiger partial charge in [0.15, 0.2) is 0 Å². The van der Waals surface area contributed by atoms with E-state index in [0.29, 0.717) is 0 Å². The Morgan fingerprint density at radius 1 is 0.375 bits per heavy atom. The Bertz CT molecular complexity index is 2080. The van der Waals surface area contributed by atoms with E-state index in [1.807, 2.05) is 12.1 Å². The lowest BCUT2D eigenvalue weighted by Gasteiger charge is -2.18. The van der Waals surface area contributed by atoms with E-state index >= 15 is 0 Å². The summed E-state index contributed by atoms with van der Waals surface area (Å²) in [5, 5.41) is 12.5. The molecule has 190 valence electrons. The second-order valence-corrected chi connectivity index (χ2v) is 10.5. The summed E-state index contributed by atoms with van der Waals surface area (Å²) >= 11 is 0. The SMILES string of the molecule is COc1ccc2cc(-c3cc4cccc5c(-c6ccc7cc(OC)ccc7c6)cc6cccc3c6c45)ccc2c1. The first-order chi connectivity index (χ1) is 19.7. The average molecular weight is 515 g/mol. The molecule has 0 aromatic heterocycles. The van der Waals surface area contributed by atoms with Crippen molar-refractivity contribution in [3.05, 3.63) is 121 Å². The summed E-state index contributed by atoms with van der Waals surface area (Å²) in [6.45, 7) is 0. The van der Waals surface area contributed by atoms with Crippen LogP contribution in [0.15, 0.2) is 121 Å². The van der Waals surface area contributed by atoms with E-state index in [9.17, 15) is 0 Å². The van der Waals surface area contributed by atoms with Gasteiger partial charge in [-0.25, -0.2) is 0 Å². The summed E-state index contributed by atoms with van der Waals surface area (Å²) < 4.78 is 10.9. The maximum absolute atomic E-state index is 5.43. The molecule has 0 bridgehead atoms. The Morgan fingerprint density at radius 3 is 1.25 bits per heavy atom. The molecule has 0 aliphatic heterocycles. The highest BCUT2D eigenvalue weighted by Gasteiger charge is 2.17. The summed E-state index contributed by atoms with van der Waals surface area (Å²) in [5.74, 6) is 1.76. The van der Waals surface area contributed by atoms with Crippen molar-refractivity contribution in [2.45, 2.75) is 0 Å². The van der Waals surface area contributed by atoms with Crippen molar-refractivity contribution in [2.24, 2.45) is 0 Å². The predicted octanol–water partition coefficient (Wildman–Crippen LogP) is 10.2. The zero-order valence-corrected chi connectivity index (χ0v) is 22.4. The molecule has 0 N–H and O–H groups in total. The van der Waals surface area contributed by atoms with Crippen molar-refractivity contribution in [2.75, 3.05) is 14.2 Å². The minimum Gasteiger partial charge on any atom is -0.497 e. The molecular formula is C38H26O2. The molecule has 40 heavy (non-hydrogen) atoms. The van der Waals surface area contributed by atoms with Gasteiger partial charge in [-0.05, 0) is 125 Å². The van der Waals surface area contributed by atoms with E-state index < -0.39 is 0 Å². The lowest BCUT2D eigenvalue weighted by atomic mass is 9.85. The van der Waals surface area contributed by atoms with Crippen molar-refractivity contribution in [3.63, 3.8) is 0 Å². The number of ether oxygens (including phenoxy) is 2. The Morgan fingerprint density at radius 2 is 0.800 bits per heavy atom. The number of hydrogen-bond donors (Lipinski definition) is 0. The molecule has 0 heterocycles. The van der Waals surface area contributed by atoms with Crippen molar-refractivity contribution < 1.29 is 9.47 Å². The highest BCUT2D eigenvalue weighted by atomic mass is 16.5. The van der Waals surface area contributed by atoms with Gasteiger partial charge in [0.25, 0.3) is 0 Å². The smallest absolute Gasteiger partial charge is 0.119 e. The maximum Gasteiger partial charge on any atom is 0.119 e. The summed E-state index contributed by atoms with van der Waals surface area (Å²) in [6, 6.07) is 44.1. The molecule has 2 heteroatoms. The summed E-state index contributed by atoms with van der Waals surface area (Å²) in [6.07, 6.45) is 0. The van der Waals surface area contributed by atoms with E-state index in [1.54, 1.807) is 14.2 Å². The number of fused-ring (bicyclic) bond motifs is 2. The van der Waals surface area contributed by atoms with Crippen LogP contribution in [0.25, 0.3) is 76.1 Å². The second-order valence-electron chi connectivity index (χ2n) is 10.5. The predicted molar refractivity (Wildman–Crippen MR) is 169 cm³/mol. The summed E-state index contributed by atoms with van der Waals surface area (Å²) in [5.41, 5.74) is 4.97. The van der Waals surface area contributed by atoms with Gasteiger partial charge in [-0.3, -0.25) is 0 Å². The molecule has 0 aliphatic rings. The first kappa shape index (κ1) is 22.9. The van der Waals surface area contributed by atoms with Crippen LogP contribution >= 0.6 is 0 Å². The quantitative estimate of drug-likeness (QED) is 0.218. The molecule has 0 spiro atoms. The number of hydrogen-bond acceptors (Lipinski definition) is 2. The fourth-order valence-corrected chi connectivity index (χ4v) is 6.37. The molecule has 0 unspecified atom stereocenters. The van der Waals surface area contributed by atoms with Gasteiger partial charge in [0.2, 0.25) is 0 Å². The van der Waals surface area contributed by atoms with Crippen LogP contribution in [0.5, 0.6) is 11.5 Å². The maximum atomic E-state index is 5.43. The lowest BCUT2D eigenvalue weighted by Crippen LogP contribution is -1.91. The number of rotatable bonds is 4. The Labute approximate surface area is 232 Å². The minimum atomic E-state index is 0.879. The molecule has 0 fully saturated rings. The monoisotopic (exact) mass is 514 g/mol. The van der Waals surface area contributed by atoms with Crippen molar-refractivity contribution in [1.82, 2.24) is 0 Å². The third-order valence-corrected chi connectivity index (χ3v) is 8.34. The molecule has 0 saturated heterocycles. The van der Waals surface area contributed by atoms with Crippen LogP contribution in [0.1, 0.15) is 0 Å². The van der Waals surface area contributed by atoms with Gasteiger partial charge in [0.05, 0.1) is 14.2 Å². The highest BCUT2D eigenvalue weighted by Crippen LogP contribution is 2.44. The first-order valence-electron chi connectivity index (χ1n) is 13.6. The van der Waals surface area contributed by atoms with Crippen molar-refractivity contribution in [3.8, 4) is 33.8 Å². The number of benzene rings is 8. The molecule has 8 rings (SSSR count). The van der Waals surface area contributed by atoms with Gasteiger partial charge in [0, 0.05) is 0 Å². The molecule has 8 aromatic carbocycles. The van der Waals surface area contributed by atoms with Crippen LogP contribution in [0, 0.1) is 0 Å². The van der Waals surface area contributed by atoms with Gasteiger partial charge in [0.1, 0.15) is 11.5 Å². The first-order valence-corrected chi connectivity index (χ1v) is 13.6. The largest absolute Gasteiger partial charge is 0.497 e. The van der Waals surface area contributed by atoms with Crippen LogP contribution in [-0.2, 0) is 0 Å². The average Bonchev–Trinajstić information content (AvgIpc) is 3.02. The third-order valence-electron chi connectivity index (χ3n) is 8.34. The van der Waals surface area contributed by atoms with Crippen LogP contribution in [0.2, 0.25) is 0 Å². The molecule has 0 radical (unpaired) electrons. The van der Waals surface area contributed by atoms with E-state index in [4.69, 9.17) is 9.47 Å². The molecule has 0 saturated carbocycles. The van der Waals surface area contributed by atoms with E-state index in [2.05, 4.69) is 109 Å². The van der Waals surface area contributed by atoms with E-state index in [0.717, 1.165) is 11.5 Å². The second kappa shape index (κ2) is 8.72. The summed E-state index contributed by atoms with van der Waals surface area (Å²) in [4.78, 5) is 0. The van der Waals surface area contributed by atoms with E-state index in [1.165, 1.54) is 76.1 Å². The lowest BCUT2D eigenvalue weighted by molar-refractivity contribution is 0.415. The zero-order chi connectivity index (χ0) is 26.8.